The summed E-state index contributed by atoms with van der Waals surface area (Å²) in [4.78, 5) is 32.0. The summed E-state index contributed by atoms with van der Waals surface area (Å²) < 4.78 is 48.7. The summed E-state index contributed by atoms with van der Waals surface area (Å²) in [5.74, 6) is 2.02. The minimum atomic E-state index is -0.585. The Morgan fingerprint density at radius 1 is 0.981 bits per heavy atom. The second-order valence-electron chi connectivity index (χ2n) is 14.8. The van der Waals surface area contributed by atoms with Crippen molar-refractivity contribution in [1.29, 1.82) is 0 Å². The van der Waals surface area contributed by atoms with E-state index in [0.29, 0.717) is 59.5 Å². The van der Waals surface area contributed by atoms with Gasteiger partial charge in [-0.3, -0.25) is 4.90 Å². The number of ether oxygens (including phenoxy) is 3. The summed E-state index contributed by atoms with van der Waals surface area (Å²) in [5.41, 5.74) is 1.53. The van der Waals surface area contributed by atoms with Gasteiger partial charge in [0, 0.05) is 37.2 Å². The van der Waals surface area contributed by atoms with Crippen LogP contribution in [0.15, 0.2) is 30.3 Å². The second-order valence-corrected chi connectivity index (χ2v) is 14.8. The Morgan fingerprint density at radius 3 is 2.57 bits per heavy atom. The van der Waals surface area contributed by atoms with E-state index in [1.165, 1.54) is 19.6 Å². The van der Waals surface area contributed by atoms with Gasteiger partial charge in [-0.05, 0) is 88.8 Å². The Labute approximate surface area is 308 Å². The fourth-order valence-electron chi connectivity index (χ4n) is 9.05. The molecule has 0 bridgehead atoms. The van der Waals surface area contributed by atoms with Crippen LogP contribution >= 0.6 is 0 Å². The number of hydrogen-bond donors (Lipinski definition) is 0. The maximum Gasteiger partial charge on any atom is 0.409 e. The molecule has 1 amide bonds. The molecule has 2 aromatic heterocycles. The smallest absolute Gasteiger partial charge is 0.409 e. The molecular weight excluding hydrogens is 678 g/mol. The monoisotopic (exact) mass is 724 g/mol. The van der Waals surface area contributed by atoms with E-state index in [0.717, 1.165) is 84.1 Å². The van der Waals surface area contributed by atoms with E-state index in [9.17, 15) is 9.18 Å². The summed E-state index contributed by atoms with van der Waals surface area (Å²) in [7, 11) is 1.43. The number of fused-ring (bicyclic) bond motifs is 4. The number of hydrogen-bond acceptors (Lipinski definition) is 9. The molecule has 1 atom stereocenters. The van der Waals surface area contributed by atoms with Crippen LogP contribution in [-0.2, 0) is 15.9 Å². The Hall–Kier alpha value is -4.60. The summed E-state index contributed by atoms with van der Waals surface area (Å²) in [6.07, 6.45) is 15.8. The van der Waals surface area contributed by atoms with E-state index in [1.54, 1.807) is 17.0 Å². The number of nitrogens with zero attached hydrogens (tertiary/aromatic N) is 6. The normalized spacial score (nSPS) is 20.8. The lowest BCUT2D eigenvalue weighted by Gasteiger charge is -2.32. The van der Waals surface area contributed by atoms with Gasteiger partial charge in [0.15, 0.2) is 5.82 Å². The van der Waals surface area contributed by atoms with Crippen molar-refractivity contribution in [2.45, 2.75) is 75.8 Å². The highest BCUT2D eigenvalue weighted by Gasteiger charge is 2.45. The highest BCUT2D eigenvalue weighted by Crippen LogP contribution is 2.42. The predicted octanol–water partition coefficient (Wildman–Crippen LogP) is 6.89. The topological polar surface area (TPSA) is 93.2 Å². The molecule has 53 heavy (non-hydrogen) atoms. The lowest BCUT2D eigenvalue weighted by molar-refractivity contribution is 0.108. The van der Waals surface area contributed by atoms with Gasteiger partial charge in [0.1, 0.15) is 29.5 Å². The van der Waals surface area contributed by atoms with Crippen molar-refractivity contribution >= 4 is 33.6 Å². The molecule has 0 radical (unpaired) electrons. The van der Waals surface area contributed by atoms with Crippen LogP contribution < -0.4 is 9.64 Å². The highest BCUT2D eigenvalue weighted by molar-refractivity contribution is 6.02. The fraction of sp³-hybridized carbons (Fsp3) is 0.512. The van der Waals surface area contributed by atoms with Crippen LogP contribution in [-0.4, -0.2) is 102 Å². The van der Waals surface area contributed by atoms with E-state index in [1.807, 2.05) is 12.1 Å². The van der Waals surface area contributed by atoms with Crippen LogP contribution in [0.5, 0.6) is 6.01 Å². The first-order valence-electron chi connectivity index (χ1n) is 19.0. The Bertz CT molecular complexity index is 2050. The van der Waals surface area contributed by atoms with Crippen LogP contribution in [0.3, 0.4) is 0 Å². The van der Waals surface area contributed by atoms with Crippen molar-refractivity contribution in [2.75, 3.05) is 64.6 Å². The highest BCUT2D eigenvalue weighted by atomic mass is 19.1. The number of carbonyl (C=O) groups excluding carboxylic acids is 1. The predicted molar refractivity (Wildman–Crippen MR) is 199 cm³/mol. The van der Waals surface area contributed by atoms with E-state index < -0.39 is 11.6 Å². The number of likely N-dealkylation sites (tertiary alicyclic amines) is 1. The van der Waals surface area contributed by atoms with E-state index in [-0.39, 0.29) is 40.5 Å². The summed E-state index contributed by atoms with van der Waals surface area (Å²) >= 11 is 0. The second kappa shape index (κ2) is 15.0. The van der Waals surface area contributed by atoms with Crippen LogP contribution in [0.25, 0.3) is 32.9 Å². The number of halogens is 2. The Kier molecular flexibility index (Phi) is 10.0. The molecule has 4 fully saturated rings. The molecule has 0 aliphatic carbocycles. The third-order valence-electron chi connectivity index (χ3n) is 11.7. The number of pyridine rings is 1. The summed E-state index contributed by atoms with van der Waals surface area (Å²) in [6, 6.07) is 8.66. The first-order valence-corrected chi connectivity index (χ1v) is 19.0. The molecule has 0 spiro atoms. The molecule has 12 heteroatoms. The first-order chi connectivity index (χ1) is 25.9. The number of amides is 1. The van der Waals surface area contributed by atoms with Gasteiger partial charge in [0.2, 0.25) is 0 Å². The number of terminal acetylenes is 1. The number of benzene rings is 2. The molecule has 7 heterocycles. The van der Waals surface area contributed by atoms with Crippen LogP contribution in [0.2, 0.25) is 0 Å². The number of carbonyl (C=O) groups is 1. The molecule has 1 unspecified atom stereocenters. The van der Waals surface area contributed by atoms with Crippen LogP contribution in [0, 0.1) is 24.0 Å². The van der Waals surface area contributed by atoms with Gasteiger partial charge in [-0.2, -0.15) is 9.97 Å². The van der Waals surface area contributed by atoms with Gasteiger partial charge in [0.05, 0.1) is 41.9 Å². The van der Waals surface area contributed by atoms with E-state index >= 15 is 4.39 Å². The number of methoxy groups -OCH3 is 1. The van der Waals surface area contributed by atoms with E-state index in [4.69, 9.17) is 30.8 Å². The van der Waals surface area contributed by atoms with Crippen molar-refractivity contribution in [2.24, 2.45) is 0 Å². The maximum absolute atomic E-state index is 16.9. The molecule has 4 saturated heterocycles. The van der Waals surface area contributed by atoms with Crippen molar-refractivity contribution in [3.8, 4) is 29.6 Å². The number of anilines is 1. The van der Waals surface area contributed by atoms with Crippen molar-refractivity contribution in [1.82, 2.24) is 24.8 Å². The van der Waals surface area contributed by atoms with Crippen LogP contribution in [0.4, 0.5) is 19.4 Å². The molecular formula is C41H46F2N6O4. The average molecular weight is 725 g/mol. The number of aryl methyl sites for hydroxylation is 1. The Morgan fingerprint density at radius 2 is 1.79 bits per heavy atom. The van der Waals surface area contributed by atoms with Gasteiger partial charge in [-0.25, -0.2) is 18.6 Å². The quantitative estimate of drug-likeness (QED) is 0.209. The number of aromatic nitrogens is 3. The molecule has 10 nitrogen and oxygen atoms in total. The zero-order valence-corrected chi connectivity index (χ0v) is 30.3. The lowest BCUT2D eigenvalue weighted by atomic mass is 9.95. The van der Waals surface area contributed by atoms with Gasteiger partial charge in [-0.15, -0.1) is 6.42 Å². The molecule has 5 aliphatic rings. The average Bonchev–Trinajstić information content (AvgIpc) is 3.64. The summed E-state index contributed by atoms with van der Waals surface area (Å²) in [6.45, 7) is 6.37. The lowest BCUT2D eigenvalue weighted by Crippen LogP contribution is -2.43. The van der Waals surface area contributed by atoms with Crippen molar-refractivity contribution < 1.29 is 27.8 Å². The van der Waals surface area contributed by atoms with E-state index in [2.05, 4.69) is 20.5 Å². The molecule has 5 aliphatic heterocycles. The SMILES string of the molecule is C#Cc1c(F)ccc2cccc(-c3nc4c5c(nc(OCC67CCCN6CCC7)nc5c3F)N3CCCOCC3CC4)c12.COC(=O)N1CCCCC1. The molecule has 4 aromatic rings. The van der Waals surface area contributed by atoms with Gasteiger partial charge in [0.25, 0.3) is 0 Å². The van der Waals surface area contributed by atoms with Gasteiger partial charge < -0.3 is 24.0 Å². The minimum absolute atomic E-state index is 0.00280. The molecule has 0 saturated carbocycles. The summed E-state index contributed by atoms with van der Waals surface area (Å²) in [5, 5.41) is 1.79. The molecule has 2 aromatic carbocycles. The molecule has 278 valence electrons. The molecule has 9 rings (SSSR count). The Balaban J connectivity index is 0.000000349. The number of piperidine rings is 1. The largest absolute Gasteiger partial charge is 0.461 e. The first kappa shape index (κ1) is 35.4. The van der Waals surface area contributed by atoms with Gasteiger partial charge in [-0.1, -0.05) is 30.2 Å². The number of rotatable bonds is 4. The third kappa shape index (κ3) is 6.63. The van der Waals surface area contributed by atoms with Crippen molar-refractivity contribution in [3.63, 3.8) is 0 Å². The zero-order chi connectivity index (χ0) is 36.5. The molecule has 0 N–H and O–H groups in total. The van der Waals surface area contributed by atoms with Crippen LogP contribution in [0.1, 0.15) is 69.0 Å². The minimum Gasteiger partial charge on any atom is -0.461 e. The fourth-order valence-corrected chi connectivity index (χ4v) is 9.05. The third-order valence-corrected chi connectivity index (χ3v) is 11.7. The standard InChI is InChI=1S/C34H33F2N5O2.C7H13NO2/c1-2-23-25(35)11-9-21-7-3-8-24(27(21)23)30-29(36)31-28-26(37-30)12-10-22-19-42-18-6-17-41(22)32(28)39-33(38-31)43-20-34-13-4-15-40(34)16-5-14-34;1-10-7(9)8-5-3-2-4-6-8/h1,3,7-9,11,22H,4-6,10,12-20H2;2-6H2,1H3. The van der Waals surface area contributed by atoms with Gasteiger partial charge >= 0.3 is 12.1 Å². The maximum atomic E-state index is 16.9. The van der Waals surface area contributed by atoms with Crippen molar-refractivity contribution in [3.05, 3.63) is 53.2 Å². The zero-order valence-electron chi connectivity index (χ0n) is 30.3.